The highest BCUT2D eigenvalue weighted by Gasteiger charge is 2.38. The molecule has 1 aliphatic heterocycles. The Bertz CT molecular complexity index is 621. The summed E-state index contributed by atoms with van der Waals surface area (Å²) in [6.45, 7) is -0.224. The summed E-state index contributed by atoms with van der Waals surface area (Å²) in [4.78, 5) is 12.1. The fourth-order valence-corrected chi connectivity index (χ4v) is 2.72. The van der Waals surface area contributed by atoms with Gasteiger partial charge in [-0.25, -0.2) is 19.3 Å². The number of nitrogen functional groups attached to an aromatic ring is 1. The molecule has 0 radical (unpaired) electrons. The van der Waals surface area contributed by atoms with Crippen LogP contribution < -0.4 is 5.73 Å². The lowest BCUT2D eigenvalue weighted by atomic mass is 10.2. The minimum atomic E-state index is -1.25. The van der Waals surface area contributed by atoms with Crippen LogP contribution in [0, 0.1) is 0 Å². The summed E-state index contributed by atoms with van der Waals surface area (Å²) >= 11 is 3.24. The van der Waals surface area contributed by atoms with Crippen molar-refractivity contribution >= 4 is 32.9 Å². The van der Waals surface area contributed by atoms with Crippen molar-refractivity contribution in [2.45, 2.75) is 24.9 Å². The van der Waals surface area contributed by atoms with E-state index in [1.165, 1.54) is 10.9 Å². The normalized spacial score (nSPS) is 27.2. The molecule has 0 unspecified atom stereocenters. The van der Waals surface area contributed by atoms with Gasteiger partial charge in [-0.05, 0) is 15.9 Å². The molecule has 19 heavy (non-hydrogen) atoms. The van der Waals surface area contributed by atoms with E-state index in [1.807, 2.05) is 0 Å². The number of aromatic nitrogens is 4. The number of fused-ring (bicyclic) bond motifs is 1. The maximum Gasteiger partial charge on any atom is 0.181 e. The summed E-state index contributed by atoms with van der Waals surface area (Å²) in [5.41, 5.74) is 6.48. The zero-order valence-electron chi connectivity index (χ0n) is 9.70. The molecule has 3 rings (SSSR count). The first-order valence-corrected chi connectivity index (χ1v) is 6.45. The lowest BCUT2D eigenvalue weighted by molar-refractivity contribution is -0.0362. The Kier molecular flexibility index (Phi) is 3.11. The van der Waals surface area contributed by atoms with Gasteiger partial charge in [-0.1, -0.05) is 0 Å². The molecule has 0 saturated carbocycles. The average Bonchev–Trinajstić information content (AvgIpc) is 2.90. The van der Waals surface area contributed by atoms with Gasteiger partial charge in [0.2, 0.25) is 0 Å². The van der Waals surface area contributed by atoms with Crippen molar-refractivity contribution in [3.8, 4) is 0 Å². The van der Waals surface area contributed by atoms with Gasteiger partial charge in [0.15, 0.2) is 27.9 Å². The van der Waals surface area contributed by atoms with Crippen LogP contribution in [0.15, 0.2) is 11.1 Å². The van der Waals surface area contributed by atoms with Crippen LogP contribution in [-0.2, 0) is 4.74 Å². The van der Waals surface area contributed by atoms with Crippen molar-refractivity contribution in [1.82, 2.24) is 19.5 Å². The molecular weight excluding hydrogens is 321 g/mol. The van der Waals surface area contributed by atoms with Crippen molar-refractivity contribution < 1.29 is 14.2 Å². The Balaban J connectivity index is 2.10. The molecule has 3 heterocycles. The molecule has 3 N–H and O–H groups in total. The molecule has 3 atom stereocenters. The minimum absolute atomic E-state index is 0.133. The van der Waals surface area contributed by atoms with Crippen molar-refractivity contribution in [1.29, 1.82) is 0 Å². The number of anilines is 1. The smallest absolute Gasteiger partial charge is 0.181 e. The largest absolute Gasteiger partial charge is 0.394 e. The van der Waals surface area contributed by atoms with Crippen LogP contribution in [0.2, 0.25) is 0 Å². The third kappa shape index (κ3) is 1.97. The Labute approximate surface area is 115 Å². The number of ether oxygens (including phenoxy) is 1. The van der Waals surface area contributed by atoms with Gasteiger partial charge in [-0.15, -0.1) is 0 Å². The van der Waals surface area contributed by atoms with Gasteiger partial charge < -0.3 is 15.6 Å². The van der Waals surface area contributed by atoms with E-state index in [0.29, 0.717) is 15.9 Å². The molecule has 0 bridgehead atoms. The number of hydrogen-bond acceptors (Lipinski definition) is 6. The van der Waals surface area contributed by atoms with E-state index in [0.717, 1.165) is 0 Å². The van der Waals surface area contributed by atoms with Crippen LogP contribution in [0.1, 0.15) is 12.6 Å². The molecule has 7 nitrogen and oxygen atoms in total. The predicted molar refractivity (Wildman–Crippen MR) is 67.9 cm³/mol. The van der Waals surface area contributed by atoms with Crippen LogP contribution in [0.4, 0.5) is 10.2 Å². The fraction of sp³-hybridized carbons (Fsp3) is 0.500. The van der Waals surface area contributed by atoms with E-state index in [-0.39, 0.29) is 18.8 Å². The van der Waals surface area contributed by atoms with Crippen molar-refractivity contribution in [3.05, 3.63) is 11.1 Å². The first kappa shape index (κ1) is 12.7. The fourth-order valence-electron chi connectivity index (χ4n) is 2.17. The van der Waals surface area contributed by atoms with Gasteiger partial charge in [-0.2, -0.15) is 0 Å². The van der Waals surface area contributed by atoms with E-state index >= 15 is 0 Å². The molecule has 0 spiro atoms. The van der Waals surface area contributed by atoms with Crippen LogP contribution in [0.25, 0.3) is 11.2 Å². The lowest BCUT2D eigenvalue weighted by Gasteiger charge is -2.16. The van der Waals surface area contributed by atoms with Gasteiger partial charge in [0.05, 0.1) is 12.7 Å². The summed E-state index contributed by atoms with van der Waals surface area (Å²) in [7, 11) is 0. The number of nitrogens with zero attached hydrogens (tertiary/aromatic N) is 4. The highest BCUT2D eigenvalue weighted by Crippen LogP contribution is 2.36. The van der Waals surface area contributed by atoms with Crippen LogP contribution in [0.3, 0.4) is 0 Å². The molecule has 1 saturated heterocycles. The average molecular weight is 332 g/mol. The molecule has 2 aromatic heterocycles. The Morgan fingerprint density at radius 1 is 1.58 bits per heavy atom. The summed E-state index contributed by atoms with van der Waals surface area (Å²) in [6.07, 6.45) is -1.24. The van der Waals surface area contributed by atoms with Gasteiger partial charge in [0.1, 0.15) is 12.5 Å². The van der Waals surface area contributed by atoms with Gasteiger partial charge >= 0.3 is 0 Å². The summed E-state index contributed by atoms with van der Waals surface area (Å²) in [5.74, 6) is 0.219. The maximum absolute atomic E-state index is 14.0. The predicted octanol–water partition coefficient (Wildman–Crippen LogP) is 0.789. The van der Waals surface area contributed by atoms with Crippen molar-refractivity contribution in [2.24, 2.45) is 0 Å². The Hall–Kier alpha value is -1.32. The number of rotatable bonds is 2. The number of aliphatic hydroxyl groups is 1. The number of aliphatic hydroxyl groups excluding tert-OH is 1. The quantitative estimate of drug-likeness (QED) is 0.789. The summed E-state index contributed by atoms with van der Waals surface area (Å²) in [5, 5.41) is 9.05. The highest BCUT2D eigenvalue weighted by atomic mass is 79.9. The van der Waals surface area contributed by atoms with Crippen molar-refractivity contribution in [2.75, 3.05) is 12.3 Å². The number of imidazole rings is 1. The summed E-state index contributed by atoms with van der Waals surface area (Å²) in [6, 6.07) is 0. The molecule has 0 amide bonds. The molecular formula is C10H11BrFN5O2. The van der Waals surface area contributed by atoms with E-state index in [4.69, 9.17) is 15.6 Å². The number of halogens is 2. The van der Waals surface area contributed by atoms with Gasteiger partial charge in [-0.3, -0.25) is 4.57 Å². The minimum Gasteiger partial charge on any atom is -0.394 e. The van der Waals surface area contributed by atoms with E-state index in [9.17, 15) is 4.39 Å². The van der Waals surface area contributed by atoms with Crippen LogP contribution in [0.5, 0.6) is 0 Å². The first-order valence-electron chi connectivity index (χ1n) is 5.66. The van der Waals surface area contributed by atoms with E-state index < -0.39 is 18.5 Å². The highest BCUT2D eigenvalue weighted by molar-refractivity contribution is 9.10. The van der Waals surface area contributed by atoms with Crippen LogP contribution in [-0.4, -0.2) is 43.5 Å². The van der Waals surface area contributed by atoms with Crippen molar-refractivity contribution in [3.63, 3.8) is 0 Å². The maximum atomic E-state index is 14.0. The molecule has 1 aliphatic rings. The standard InChI is InChI=1S/C10H11BrFN5O2/c11-10-16-6-7(13)14-3-15-8(6)17(10)9-5(12)1-4(2-18)19-9/h3-5,9,18H,1-2H2,(H2,13,14,15)/t4-,5-,9+/m0/s1. The number of nitrogens with two attached hydrogens (primary N) is 1. The number of alkyl halides is 1. The number of hydrogen-bond donors (Lipinski definition) is 2. The molecule has 0 aromatic carbocycles. The second kappa shape index (κ2) is 4.66. The zero-order chi connectivity index (χ0) is 13.6. The second-order valence-corrected chi connectivity index (χ2v) is 4.97. The molecule has 0 aliphatic carbocycles. The van der Waals surface area contributed by atoms with E-state index in [1.54, 1.807) is 0 Å². The topological polar surface area (TPSA) is 99.1 Å². The third-order valence-corrected chi connectivity index (χ3v) is 3.61. The second-order valence-electron chi connectivity index (χ2n) is 4.26. The molecule has 1 fully saturated rings. The lowest BCUT2D eigenvalue weighted by Crippen LogP contribution is -2.18. The molecule has 102 valence electrons. The zero-order valence-corrected chi connectivity index (χ0v) is 11.3. The van der Waals surface area contributed by atoms with Crippen LogP contribution >= 0.6 is 15.9 Å². The summed E-state index contributed by atoms with van der Waals surface area (Å²) < 4.78 is 21.3. The first-order chi connectivity index (χ1) is 9.11. The third-order valence-electron chi connectivity index (χ3n) is 3.05. The van der Waals surface area contributed by atoms with E-state index in [2.05, 4.69) is 30.9 Å². The Morgan fingerprint density at radius 2 is 2.37 bits per heavy atom. The molecule has 9 heteroatoms. The Morgan fingerprint density at radius 3 is 3.05 bits per heavy atom. The van der Waals surface area contributed by atoms with Gasteiger partial charge in [0.25, 0.3) is 0 Å². The molecule has 2 aromatic rings. The monoisotopic (exact) mass is 331 g/mol. The van der Waals surface area contributed by atoms with Gasteiger partial charge in [0, 0.05) is 6.42 Å². The SMILES string of the molecule is Nc1ncnc2c1nc(Br)n2[C@@H]1O[C@H](CO)C[C@@H]1F.